The highest BCUT2D eigenvalue weighted by atomic mass is 32.2. The summed E-state index contributed by atoms with van der Waals surface area (Å²) in [5.74, 6) is -2.05. The molecule has 0 aliphatic rings. The number of nitrogens with two attached hydrogens (primary N) is 1. The van der Waals surface area contributed by atoms with Crippen molar-refractivity contribution < 1.29 is 19.1 Å². The zero-order valence-corrected chi connectivity index (χ0v) is 12.1. The van der Waals surface area contributed by atoms with Gasteiger partial charge in [0.2, 0.25) is 5.91 Å². The van der Waals surface area contributed by atoms with Crippen molar-refractivity contribution in [2.75, 3.05) is 5.75 Å². The summed E-state index contributed by atoms with van der Waals surface area (Å²) in [6.45, 7) is 1.78. The van der Waals surface area contributed by atoms with Crippen LogP contribution >= 0.6 is 11.8 Å². The van der Waals surface area contributed by atoms with Crippen LogP contribution in [0.3, 0.4) is 0 Å². The molecule has 1 unspecified atom stereocenters. The molecule has 2 rings (SSSR count). The molecule has 0 aliphatic carbocycles. The Morgan fingerprint density at radius 1 is 1.52 bits per heavy atom. The highest BCUT2D eigenvalue weighted by Crippen LogP contribution is 2.29. The predicted molar refractivity (Wildman–Crippen MR) is 76.6 cm³/mol. The number of nitrogens with zero attached hydrogens (tertiary/aromatic N) is 2. The Bertz CT molecular complexity index is 701. The molecule has 0 aliphatic heterocycles. The minimum atomic E-state index is -0.979. The molecule has 112 valence electrons. The van der Waals surface area contributed by atoms with Crippen LogP contribution in [0.25, 0.3) is 11.0 Å². The molecule has 1 amide bonds. The van der Waals surface area contributed by atoms with Gasteiger partial charge in [-0.1, -0.05) is 11.8 Å². The molecule has 0 radical (unpaired) electrons. The van der Waals surface area contributed by atoms with E-state index in [0.717, 1.165) is 11.8 Å². The third-order valence-corrected chi connectivity index (χ3v) is 3.82. The fourth-order valence-corrected chi connectivity index (χ4v) is 2.92. The molecule has 1 heterocycles. The second-order valence-electron chi connectivity index (χ2n) is 4.60. The SMILES string of the molecule is CC(CC(N)=O)n1c(SCC(=O)O)nc2cc(F)ccc21. The summed E-state index contributed by atoms with van der Waals surface area (Å²) in [6, 6.07) is 3.82. The van der Waals surface area contributed by atoms with Crippen LogP contribution in [-0.2, 0) is 9.59 Å². The average molecular weight is 311 g/mol. The number of imidazole rings is 1. The number of fused-ring (bicyclic) bond motifs is 1. The number of primary amides is 1. The molecule has 1 aromatic heterocycles. The molecule has 0 saturated heterocycles. The van der Waals surface area contributed by atoms with Gasteiger partial charge in [0.25, 0.3) is 0 Å². The Balaban J connectivity index is 2.48. The van der Waals surface area contributed by atoms with Crippen LogP contribution in [0.4, 0.5) is 4.39 Å². The number of aromatic nitrogens is 2. The molecule has 2 aromatic rings. The van der Waals surface area contributed by atoms with E-state index in [4.69, 9.17) is 10.8 Å². The Morgan fingerprint density at radius 3 is 2.86 bits per heavy atom. The van der Waals surface area contributed by atoms with E-state index in [9.17, 15) is 14.0 Å². The van der Waals surface area contributed by atoms with Gasteiger partial charge < -0.3 is 15.4 Å². The van der Waals surface area contributed by atoms with Crippen molar-refractivity contribution in [3.63, 3.8) is 0 Å². The summed E-state index contributed by atoms with van der Waals surface area (Å²) >= 11 is 1.02. The summed E-state index contributed by atoms with van der Waals surface area (Å²) in [5.41, 5.74) is 6.26. The molecule has 1 aromatic carbocycles. The fraction of sp³-hybridized carbons (Fsp3) is 0.308. The van der Waals surface area contributed by atoms with Gasteiger partial charge >= 0.3 is 5.97 Å². The monoisotopic (exact) mass is 311 g/mol. The maximum atomic E-state index is 13.3. The van der Waals surface area contributed by atoms with Crippen molar-refractivity contribution in [3.8, 4) is 0 Å². The Hall–Kier alpha value is -2.09. The highest BCUT2D eigenvalue weighted by Gasteiger charge is 2.19. The summed E-state index contributed by atoms with van der Waals surface area (Å²) in [6.07, 6.45) is 0.0868. The number of hydrogen-bond acceptors (Lipinski definition) is 4. The molecule has 0 saturated carbocycles. The quantitative estimate of drug-likeness (QED) is 0.793. The number of carbonyl (C=O) groups is 2. The van der Waals surface area contributed by atoms with E-state index >= 15 is 0 Å². The minimum absolute atomic E-state index is 0.0868. The third kappa shape index (κ3) is 3.52. The molecule has 6 nitrogen and oxygen atoms in total. The van der Waals surface area contributed by atoms with Crippen molar-refractivity contribution >= 4 is 34.7 Å². The number of amides is 1. The van der Waals surface area contributed by atoms with E-state index in [0.29, 0.717) is 16.2 Å². The van der Waals surface area contributed by atoms with Gasteiger partial charge in [0.15, 0.2) is 5.16 Å². The lowest BCUT2D eigenvalue weighted by atomic mass is 10.2. The van der Waals surface area contributed by atoms with Crippen molar-refractivity contribution in [1.29, 1.82) is 0 Å². The van der Waals surface area contributed by atoms with Crippen LogP contribution in [0.15, 0.2) is 23.4 Å². The van der Waals surface area contributed by atoms with Crippen LogP contribution < -0.4 is 5.73 Å². The van der Waals surface area contributed by atoms with Crippen LogP contribution in [0, 0.1) is 5.82 Å². The molecular formula is C13H14FN3O3S. The van der Waals surface area contributed by atoms with Crippen molar-refractivity contribution in [2.24, 2.45) is 5.73 Å². The van der Waals surface area contributed by atoms with Crippen LogP contribution in [-0.4, -0.2) is 32.3 Å². The van der Waals surface area contributed by atoms with Gasteiger partial charge in [0.05, 0.1) is 16.8 Å². The third-order valence-electron chi connectivity index (χ3n) is 2.88. The van der Waals surface area contributed by atoms with E-state index in [-0.39, 0.29) is 18.2 Å². The lowest BCUT2D eigenvalue weighted by molar-refractivity contribution is -0.134. The van der Waals surface area contributed by atoms with Gasteiger partial charge in [0, 0.05) is 18.5 Å². The summed E-state index contributed by atoms with van der Waals surface area (Å²) in [7, 11) is 0. The lowest BCUT2D eigenvalue weighted by Gasteiger charge is -2.15. The van der Waals surface area contributed by atoms with Crippen molar-refractivity contribution in [3.05, 3.63) is 24.0 Å². The first-order valence-corrected chi connectivity index (χ1v) is 7.17. The van der Waals surface area contributed by atoms with E-state index in [1.807, 2.05) is 0 Å². The van der Waals surface area contributed by atoms with Gasteiger partial charge in [-0.15, -0.1) is 0 Å². The summed E-state index contributed by atoms with van der Waals surface area (Å²) in [5, 5.41) is 9.20. The first kappa shape index (κ1) is 15.3. The second-order valence-corrected chi connectivity index (χ2v) is 5.54. The Kier molecular flexibility index (Phi) is 4.46. The summed E-state index contributed by atoms with van der Waals surface area (Å²) < 4.78 is 15.0. The van der Waals surface area contributed by atoms with Gasteiger partial charge in [-0.25, -0.2) is 9.37 Å². The topological polar surface area (TPSA) is 98.2 Å². The van der Waals surface area contributed by atoms with Crippen molar-refractivity contribution in [2.45, 2.75) is 24.5 Å². The zero-order valence-electron chi connectivity index (χ0n) is 11.2. The average Bonchev–Trinajstić information content (AvgIpc) is 2.72. The largest absolute Gasteiger partial charge is 0.481 e. The molecule has 0 bridgehead atoms. The maximum absolute atomic E-state index is 13.3. The van der Waals surface area contributed by atoms with Gasteiger partial charge in [-0.3, -0.25) is 9.59 Å². The molecule has 1 atom stereocenters. The minimum Gasteiger partial charge on any atom is -0.481 e. The first-order valence-electron chi connectivity index (χ1n) is 6.19. The molecule has 0 fully saturated rings. The number of hydrogen-bond donors (Lipinski definition) is 2. The predicted octanol–water partition coefficient (Wildman–Crippen LogP) is 1.79. The number of benzene rings is 1. The van der Waals surface area contributed by atoms with Crippen LogP contribution in [0.2, 0.25) is 0 Å². The van der Waals surface area contributed by atoms with Gasteiger partial charge in [-0.05, 0) is 19.1 Å². The lowest BCUT2D eigenvalue weighted by Crippen LogP contribution is -2.18. The molecule has 21 heavy (non-hydrogen) atoms. The van der Waals surface area contributed by atoms with E-state index in [1.165, 1.54) is 12.1 Å². The number of carboxylic acid groups (broad SMARTS) is 1. The van der Waals surface area contributed by atoms with Crippen molar-refractivity contribution in [1.82, 2.24) is 9.55 Å². The molecule has 0 spiro atoms. The first-order chi connectivity index (χ1) is 9.88. The fourth-order valence-electron chi connectivity index (χ4n) is 2.09. The number of carboxylic acids is 1. The molecule has 8 heteroatoms. The number of carbonyl (C=O) groups excluding carboxylic acids is 1. The van der Waals surface area contributed by atoms with E-state index in [2.05, 4.69) is 4.98 Å². The standard InChI is InChI=1S/C13H14FN3O3S/c1-7(4-11(15)18)17-10-3-2-8(14)5-9(10)16-13(17)21-6-12(19)20/h2-3,5,7H,4,6H2,1H3,(H2,15,18)(H,19,20). The number of rotatable bonds is 6. The number of aliphatic carboxylic acids is 1. The smallest absolute Gasteiger partial charge is 0.313 e. The zero-order chi connectivity index (χ0) is 15.6. The maximum Gasteiger partial charge on any atom is 0.313 e. The number of halogens is 1. The molecular weight excluding hydrogens is 297 g/mol. The summed E-state index contributed by atoms with van der Waals surface area (Å²) in [4.78, 5) is 26.1. The number of thioether (sulfide) groups is 1. The Morgan fingerprint density at radius 2 is 2.24 bits per heavy atom. The Labute approximate surface area is 124 Å². The van der Waals surface area contributed by atoms with Crippen LogP contribution in [0.1, 0.15) is 19.4 Å². The van der Waals surface area contributed by atoms with Gasteiger partial charge in [-0.2, -0.15) is 0 Å². The molecule has 3 N–H and O–H groups in total. The van der Waals surface area contributed by atoms with E-state index in [1.54, 1.807) is 17.6 Å². The highest BCUT2D eigenvalue weighted by molar-refractivity contribution is 7.99. The normalized spacial score (nSPS) is 12.5. The van der Waals surface area contributed by atoms with Crippen LogP contribution in [0.5, 0.6) is 0 Å². The van der Waals surface area contributed by atoms with E-state index < -0.39 is 17.7 Å². The second kappa shape index (κ2) is 6.13. The van der Waals surface area contributed by atoms with Gasteiger partial charge in [0.1, 0.15) is 5.82 Å².